The highest BCUT2D eigenvalue weighted by atomic mass is 32.2. The predicted octanol–water partition coefficient (Wildman–Crippen LogP) is 2.94. The normalized spacial score (nSPS) is 17.3. The van der Waals surface area contributed by atoms with E-state index in [0.29, 0.717) is 41.3 Å². The number of aryl methyl sites for hydroxylation is 2. The van der Waals surface area contributed by atoms with Gasteiger partial charge in [0.1, 0.15) is 5.52 Å². The van der Waals surface area contributed by atoms with Crippen molar-refractivity contribution in [2.45, 2.75) is 31.9 Å². The largest absolute Gasteiger partial charge is 0.440 e. The van der Waals surface area contributed by atoms with Crippen LogP contribution < -0.4 is 5.56 Å². The lowest BCUT2D eigenvalue weighted by molar-refractivity contribution is 0.191. The second-order valence-corrected chi connectivity index (χ2v) is 9.96. The zero-order chi connectivity index (χ0) is 20.8. The van der Waals surface area contributed by atoms with Crippen molar-refractivity contribution >= 4 is 20.9 Å². The van der Waals surface area contributed by atoms with E-state index >= 15 is 0 Å². The molecule has 0 N–H and O–H groups in total. The topological polar surface area (TPSA) is 91.4 Å². The SMILES string of the molecule is CCS(=O)(=O)Cc1cc(-c2cc(C)c(=O)n(C)c2)c2oc(C3CCOC3)nc2c1. The first kappa shape index (κ1) is 19.8. The van der Waals surface area contributed by atoms with Crippen molar-refractivity contribution in [1.82, 2.24) is 9.55 Å². The quantitative estimate of drug-likeness (QED) is 0.635. The summed E-state index contributed by atoms with van der Waals surface area (Å²) in [6, 6.07) is 5.41. The zero-order valence-electron chi connectivity index (χ0n) is 16.8. The van der Waals surface area contributed by atoms with Gasteiger partial charge in [0.2, 0.25) is 5.89 Å². The molecule has 154 valence electrons. The molecule has 4 rings (SSSR count). The second kappa shape index (κ2) is 7.42. The molecule has 1 aliphatic rings. The van der Waals surface area contributed by atoms with E-state index in [9.17, 15) is 13.2 Å². The zero-order valence-corrected chi connectivity index (χ0v) is 17.6. The lowest BCUT2D eigenvalue weighted by atomic mass is 10.0. The molecule has 0 radical (unpaired) electrons. The van der Waals surface area contributed by atoms with Crippen molar-refractivity contribution in [3.8, 4) is 11.1 Å². The number of ether oxygens (including phenoxy) is 1. The van der Waals surface area contributed by atoms with E-state index in [1.54, 1.807) is 39.2 Å². The Kier molecular flexibility index (Phi) is 5.08. The summed E-state index contributed by atoms with van der Waals surface area (Å²) < 4.78 is 37.5. The van der Waals surface area contributed by atoms with E-state index in [2.05, 4.69) is 4.98 Å². The first-order chi connectivity index (χ1) is 13.8. The molecular formula is C21H24N2O5S. The number of hydrogen-bond donors (Lipinski definition) is 0. The van der Waals surface area contributed by atoms with Crippen molar-refractivity contribution in [3.63, 3.8) is 0 Å². The molecule has 29 heavy (non-hydrogen) atoms. The van der Waals surface area contributed by atoms with Gasteiger partial charge in [-0.2, -0.15) is 0 Å². The Labute approximate surface area is 169 Å². The minimum Gasteiger partial charge on any atom is -0.440 e. The Morgan fingerprint density at radius 2 is 2.07 bits per heavy atom. The number of fused-ring (bicyclic) bond motifs is 1. The standard InChI is InChI=1S/C21H24N2O5S/c1-4-29(25,26)12-14-8-17(16-7-13(2)21(24)23(3)10-16)19-18(9-14)22-20(28-19)15-5-6-27-11-15/h7-10,15H,4-6,11-12H2,1-3H3. The van der Waals surface area contributed by atoms with E-state index in [1.807, 2.05) is 6.07 Å². The fourth-order valence-electron chi connectivity index (χ4n) is 3.69. The van der Waals surface area contributed by atoms with Crippen LogP contribution in [0.25, 0.3) is 22.2 Å². The number of pyridine rings is 1. The Hall–Kier alpha value is -2.45. The molecule has 1 saturated heterocycles. The van der Waals surface area contributed by atoms with Gasteiger partial charge in [-0.3, -0.25) is 4.79 Å². The van der Waals surface area contributed by atoms with E-state index in [-0.39, 0.29) is 23.0 Å². The summed E-state index contributed by atoms with van der Waals surface area (Å²) in [5.74, 6) is 0.713. The molecule has 3 heterocycles. The van der Waals surface area contributed by atoms with Crippen molar-refractivity contribution < 1.29 is 17.6 Å². The Bertz CT molecular complexity index is 1210. The van der Waals surface area contributed by atoms with Crippen LogP contribution in [0.4, 0.5) is 0 Å². The summed E-state index contributed by atoms with van der Waals surface area (Å²) in [7, 11) is -1.51. The molecule has 1 aliphatic heterocycles. The number of nitrogens with zero attached hydrogens (tertiary/aromatic N) is 2. The molecule has 7 nitrogen and oxygen atoms in total. The lowest BCUT2D eigenvalue weighted by Gasteiger charge is -2.09. The summed E-state index contributed by atoms with van der Waals surface area (Å²) in [6.45, 7) is 4.64. The van der Waals surface area contributed by atoms with Crippen LogP contribution in [0.2, 0.25) is 0 Å². The smallest absolute Gasteiger partial charge is 0.253 e. The van der Waals surface area contributed by atoms with Crippen LogP contribution >= 0.6 is 0 Å². The summed E-state index contributed by atoms with van der Waals surface area (Å²) in [6.07, 6.45) is 2.58. The van der Waals surface area contributed by atoms with Crippen LogP contribution in [0.5, 0.6) is 0 Å². The molecule has 1 fully saturated rings. The average molecular weight is 416 g/mol. The maximum absolute atomic E-state index is 12.2. The maximum Gasteiger partial charge on any atom is 0.253 e. The molecule has 0 bridgehead atoms. The van der Waals surface area contributed by atoms with Crippen molar-refractivity contribution in [2.24, 2.45) is 7.05 Å². The van der Waals surface area contributed by atoms with Gasteiger partial charge in [0, 0.05) is 42.3 Å². The van der Waals surface area contributed by atoms with Gasteiger partial charge in [0.05, 0.1) is 18.3 Å². The summed E-state index contributed by atoms with van der Waals surface area (Å²) in [5.41, 5.74) is 3.93. The number of benzene rings is 1. The molecule has 0 saturated carbocycles. The van der Waals surface area contributed by atoms with Gasteiger partial charge in [-0.05, 0) is 37.1 Å². The highest BCUT2D eigenvalue weighted by molar-refractivity contribution is 7.90. The van der Waals surface area contributed by atoms with Crippen LogP contribution in [0, 0.1) is 6.92 Å². The molecule has 0 amide bonds. The Morgan fingerprint density at radius 3 is 2.72 bits per heavy atom. The maximum atomic E-state index is 12.2. The third-order valence-corrected chi connectivity index (χ3v) is 7.00. The number of sulfone groups is 1. The van der Waals surface area contributed by atoms with Crippen LogP contribution in [0.3, 0.4) is 0 Å². The fraction of sp³-hybridized carbons (Fsp3) is 0.429. The average Bonchev–Trinajstić information content (AvgIpc) is 3.34. The van der Waals surface area contributed by atoms with E-state index in [1.165, 1.54) is 4.57 Å². The number of rotatable bonds is 5. The second-order valence-electron chi connectivity index (χ2n) is 7.61. The van der Waals surface area contributed by atoms with Crippen LogP contribution in [0.15, 0.2) is 33.6 Å². The third kappa shape index (κ3) is 3.86. The highest BCUT2D eigenvalue weighted by Gasteiger charge is 2.25. The Morgan fingerprint density at radius 1 is 1.28 bits per heavy atom. The third-order valence-electron chi connectivity index (χ3n) is 5.35. The van der Waals surface area contributed by atoms with Crippen LogP contribution in [-0.4, -0.2) is 36.9 Å². The number of aromatic nitrogens is 2. The van der Waals surface area contributed by atoms with Crippen molar-refractivity contribution in [1.29, 1.82) is 0 Å². The number of oxazole rings is 1. The van der Waals surface area contributed by atoms with Gasteiger partial charge in [-0.25, -0.2) is 13.4 Å². The summed E-state index contributed by atoms with van der Waals surface area (Å²) >= 11 is 0. The van der Waals surface area contributed by atoms with Gasteiger partial charge in [0.25, 0.3) is 5.56 Å². The predicted molar refractivity (Wildman–Crippen MR) is 111 cm³/mol. The lowest BCUT2D eigenvalue weighted by Crippen LogP contribution is -2.18. The van der Waals surface area contributed by atoms with Crippen molar-refractivity contribution in [3.05, 3.63) is 51.8 Å². The summed E-state index contributed by atoms with van der Waals surface area (Å²) in [4.78, 5) is 16.8. The van der Waals surface area contributed by atoms with Gasteiger partial charge in [0.15, 0.2) is 15.4 Å². The van der Waals surface area contributed by atoms with Crippen LogP contribution in [-0.2, 0) is 27.4 Å². The molecule has 0 aliphatic carbocycles. The first-order valence-corrected chi connectivity index (χ1v) is 11.5. The van der Waals surface area contributed by atoms with E-state index in [4.69, 9.17) is 9.15 Å². The molecule has 0 spiro atoms. The molecule has 1 atom stereocenters. The Balaban J connectivity index is 1.93. The highest BCUT2D eigenvalue weighted by Crippen LogP contribution is 2.35. The molecule has 1 aromatic carbocycles. The van der Waals surface area contributed by atoms with Gasteiger partial charge < -0.3 is 13.7 Å². The van der Waals surface area contributed by atoms with Gasteiger partial charge in [-0.15, -0.1) is 0 Å². The monoisotopic (exact) mass is 416 g/mol. The van der Waals surface area contributed by atoms with Gasteiger partial charge in [-0.1, -0.05) is 6.92 Å². The fourth-order valence-corrected chi connectivity index (χ4v) is 4.57. The van der Waals surface area contributed by atoms with Gasteiger partial charge >= 0.3 is 0 Å². The first-order valence-electron chi connectivity index (χ1n) is 9.66. The summed E-state index contributed by atoms with van der Waals surface area (Å²) in [5, 5.41) is 0. The number of hydrogen-bond acceptors (Lipinski definition) is 6. The molecular weight excluding hydrogens is 392 g/mol. The van der Waals surface area contributed by atoms with E-state index < -0.39 is 9.84 Å². The molecule has 3 aromatic rings. The molecule has 2 aromatic heterocycles. The van der Waals surface area contributed by atoms with E-state index in [0.717, 1.165) is 17.5 Å². The van der Waals surface area contributed by atoms with Crippen LogP contribution in [0.1, 0.15) is 36.3 Å². The minimum absolute atomic E-state index is 0.0636. The molecule has 8 heteroatoms. The van der Waals surface area contributed by atoms with Crippen molar-refractivity contribution in [2.75, 3.05) is 19.0 Å². The molecule has 1 unspecified atom stereocenters. The minimum atomic E-state index is -3.21.